The molecule has 122 valence electrons. The molecule has 2 amide bonds. The van der Waals surface area contributed by atoms with Crippen LogP contribution in [0.1, 0.15) is 16.6 Å². The van der Waals surface area contributed by atoms with E-state index in [1.807, 2.05) is 35.8 Å². The summed E-state index contributed by atoms with van der Waals surface area (Å²) in [5.41, 5.74) is 1.28. The van der Waals surface area contributed by atoms with Crippen LogP contribution >= 0.6 is 11.3 Å². The predicted octanol–water partition coefficient (Wildman–Crippen LogP) is 4.33. The Kier molecular flexibility index (Phi) is 3.82. The molecule has 0 bridgehead atoms. The van der Waals surface area contributed by atoms with Crippen molar-refractivity contribution >= 4 is 23.1 Å². The molecule has 4 rings (SSSR count). The largest absolute Gasteiger partial charge is 0.347 e. The third-order valence-electron chi connectivity index (χ3n) is 4.23. The van der Waals surface area contributed by atoms with Crippen LogP contribution in [0.5, 0.6) is 0 Å². The quantitative estimate of drug-likeness (QED) is 0.740. The SMILES string of the molecule is O=C(Nc1ccccc1F)N1CCn2cccc2[C@H]1c1cccs1. The summed E-state index contributed by atoms with van der Waals surface area (Å²) in [5, 5.41) is 4.71. The first-order chi connectivity index (χ1) is 11.7. The van der Waals surface area contributed by atoms with Gasteiger partial charge >= 0.3 is 6.03 Å². The van der Waals surface area contributed by atoms with Gasteiger partial charge in [0.25, 0.3) is 0 Å². The van der Waals surface area contributed by atoms with Crippen LogP contribution in [0, 0.1) is 5.82 Å². The Morgan fingerprint density at radius 1 is 1.12 bits per heavy atom. The second-order valence-corrected chi connectivity index (χ2v) is 6.63. The van der Waals surface area contributed by atoms with Crippen LogP contribution in [0.4, 0.5) is 14.9 Å². The molecule has 0 saturated carbocycles. The molecule has 3 aromatic rings. The summed E-state index contributed by atoms with van der Waals surface area (Å²) >= 11 is 1.62. The zero-order valence-electron chi connectivity index (χ0n) is 12.9. The minimum atomic E-state index is -0.432. The van der Waals surface area contributed by atoms with E-state index in [0.717, 1.165) is 17.1 Å². The zero-order valence-corrected chi connectivity index (χ0v) is 13.7. The number of hydrogen-bond acceptors (Lipinski definition) is 2. The van der Waals surface area contributed by atoms with Crippen molar-refractivity contribution in [2.45, 2.75) is 12.6 Å². The Bertz CT molecular complexity index is 859. The second-order valence-electron chi connectivity index (χ2n) is 5.65. The maximum absolute atomic E-state index is 13.8. The number of urea groups is 1. The summed E-state index contributed by atoms with van der Waals surface area (Å²) in [7, 11) is 0. The van der Waals surface area contributed by atoms with Crippen LogP contribution in [0.2, 0.25) is 0 Å². The van der Waals surface area contributed by atoms with E-state index in [1.165, 1.54) is 6.07 Å². The number of nitrogens with zero attached hydrogens (tertiary/aromatic N) is 2. The summed E-state index contributed by atoms with van der Waals surface area (Å²) in [6, 6.07) is 13.8. The van der Waals surface area contributed by atoms with E-state index >= 15 is 0 Å². The first-order valence-corrected chi connectivity index (χ1v) is 8.62. The lowest BCUT2D eigenvalue weighted by Crippen LogP contribution is -2.44. The van der Waals surface area contributed by atoms with Gasteiger partial charge in [0, 0.05) is 29.9 Å². The van der Waals surface area contributed by atoms with E-state index in [2.05, 4.69) is 9.88 Å². The topological polar surface area (TPSA) is 37.3 Å². The van der Waals surface area contributed by atoms with Crippen molar-refractivity contribution in [3.63, 3.8) is 0 Å². The van der Waals surface area contributed by atoms with Gasteiger partial charge in [-0.3, -0.25) is 0 Å². The van der Waals surface area contributed by atoms with Crippen LogP contribution in [0.15, 0.2) is 60.1 Å². The molecular weight excluding hydrogens is 325 g/mol. The number of thiophene rings is 1. The monoisotopic (exact) mass is 341 g/mol. The van der Waals surface area contributed by atoms with Gasteiger partial charge in [-0.05, 0) is 35.7 Å². The fraction of sp³-hybridized carbons (Fsp3) is 0.167. The maximum atomic E-state index is 13.8. The Balaban J connectivity index is 1.66. The van der Waals surface area contributed by atoms with Crippen LogP contribution < -0.4 is 5.32 Å². The molecular formula is C18H16FN3OS. The predicted molar refractivity (Wildman–Crippen MR) is 92.7 cm³/mol. The molecule has 0 unspecified atom stereocenters. The fourth-order valence-corrected chi connectivity index (χ4v) is 3.95. The molecule has 0 fully saturated rings. The molecule has 0 saturated heterocycles. The number of benzene rings is 1. The molecule has 1 atom stereocenters. The van der Waals surface area contributed by atoms with Crippen LogP contribution in [-0.4, -0.2) is 22.0 Å². The lowest BCUT2D eigenvalue weighted by Gasteiger charge is -2.36. The van der Waals surface area contributed by atoms with Gasteiger partial charge in [0.15, 0.2) is 0 Å². The Morgan fingerprint density at radius 2 is 2.00 bits per heavy atom. The third kappa shape index (κ3) is 2.59. The highest BCUT2D eigenvalue weighted by Gasteiger charge is 2.33. The summed E-state index contributed by atoms with van der Waals surface area (Å²) in [5.74, 6) is -0.432. The molecule has 24 heavy (non-hydrogen) atoms. The van der Waals surface area contributed by atoms with Crippen molar-refractivity contribution in [2.24, 2.45) is 0 Å². The number of halogens is 1. The maximum Gasteiger partial charge on any atom is 0.322 e. The molecule has 1 aliphatic rings. The van der Waals surface area contributed by atoms with Crippen molar-refractivity contribution in [3.8, 4) is 0 Å². The second kappa shape index (κ2) is 6.13. The number of aromatic nitrogens is 1. The molecule has 0 radical (unpaired) electrons. The average Bonchev–Trinajstić information content (AvgIpc) is 3.27. The number of carbonyl (C=O) groups is 1. The van der Waals surface area contributed by atoms with Crippen molar-refractivity contribution < 1.29 is 9.18 Å². The minimum Gasteiger partial charge on any atom is -0.347 e. The molecule has 6 heteroatoms. The Morgan fingerprint density at radius 3 is 2.79 bits per heavy atom. The number of anilines is 1. The van der Waals surface area contributed by atoms with Gasteiger partial charge in [-0.25, -0.2) is 9.18 Å². The number of carbonyl (C=O) groups excluding carboxylic acids is 1. The van der Waals surface area contributed by atoms with Gasteiger partial charge in [-0.2, -0.15) is 0 Å². The highest BCUT2D eigenvalue weighted by Crippen LogP contribution is 2.35. The van der Waals surface area contributed by atoms with Gasteiger partial charge in [0.05, 0.1) is 5.69 Å². The van der Waals surface area contributed by atoms with Crippen molar-refractivity contribution in [1.29, 1.82) is 0 Å². The Labute approximate surface area is 143 Å². The van der Waals surface area contributed by atoms with Crippen LogP contribution in [-0.2, 0) is 6.54 Å². The summed E-state index contributed by atoms with van der Waals surface area (Å²) in [6.45, 7) is 1.30. The smallest absolute Gasteiger partial charge is 0.322 e. The molecule has 2 aromatic heterocycles. The lowest BCUT2D eigenvalue weighted by molar-refractivity contribution is 0.183. The normalized spacial score (nSPS) is 16.7. The molecule has 0 aliphatic carbocycles. The van der Waals surface area contributed by atoms with Crippen LogP contribution in [0.3, 0.4) is 0 Å². The molecule has 4 nitrogen and oxygen atoms in total. The van der Waals surface area contributed by atoms with Gasteiger partial charge in [0.1, 0.15) is 11.9 Å². The minimum absolute atomic E-state index is 0.152. The summed E-state index contributed by atoms with van der Waals surface area (Å²) in [4.78, 5) is 15.7. The van der Waals surface area contributed by atoms with E-state index in [-0.39, 0.29) is 17.8 Å². The van der Waals surface area contributed by atoms with Gasteiger partial charge in [0.2, 0.25) is 0 Å². The lowest BCUT2D eigenvalue weighted by atomic mass is 10.1. The summed E-state index contributed by atoms with van der Waals surface area (Å²) in [6.07, 6.45) is 2.03. The van der Waals surface area contributed by atoms with E-state index in [9.17, 15) is 9.18 Å². The highest BCUT2D eigenvalue weighted by atomic mass is 32.1. The number of rotatable bonds is 2. The van der Waals surface area contributed by atoms with E-state index in [1.54, 1.807) is 34.4 Å². The van der Waals surface area contributed by atoms with E-state index in [4.69, 9.17) is 0 Å². The van der Waals surface area contributed by atoms with Gasteiger partial charge < -0.3 is 14.8 Å². The first-order valence-electron chi connectivity index (χ1n) is 7.74. The molecule has 1 N–H and O–H groups in total. The number of hydrogen-bond donors (Lipinski definition) is 1. The van der Waals surface area contributed by atoms with Crippen molar-refractivity contribution in [2.75, 3.05) is 11.9 Å². The Hall–Kier alpha value is -2.60. The zero-order chi connectivity index (χ0) is 16.5. The highest BCUT2D eigenvalue weighted by molar-refractivity contribution is 7.10. The fourth-order valence-electron chi connectivity index (χ4n) is 3.10. The molecule has 3 heterocycles. The van der Waals surface area contributed by atoms with E-state index < -0.39 is 5.82 Å². The van der Waals surface area contributed by atoms with Crippen molar-refractivity contribution in [1.82, 2.24) is 9.47 Å². The first kappa shape index (κ1) is 15.0. The van der Waals surface area contributed by atoms with Crippen LogP contribution in [0.25, 0.3) is 0 Å². The van der Waals surface area contributed by atoms with E-state index in [0.29, 0.717) is 6.54 Å². The van der Waals surface area contributed by atoms with Gasteiger partial charge in [-0.1, -0.05) is 18.2 Å². The molecule has 1 aromatic carbocycles. The average molecular weight is 341 g/mol. The third-order valence-corrected chi connectivity index (χ3v) is 5.15. The number of nitrogens with one attached hydrogen (secondary N) is 1. The van der Waals surface area contributed by atoms with Crippen molar-refractivity contribution in [3.05, 3.63) is 76.5 Å². The number of para-hydroxylation sites is 1. The standard InChI is InChI=1S/C18H16FN3OS/c19-13-5-1-2-6-14(13)20-18(23)22-11-10-21-9-3-7-15(21)17(22)16-8-4-12-24-16/h1-9,12,17H,10-11H2,(H,20,23)/t17-/m0/s1. The molecule has 1 aliphatic heterocycles. The number of fused-ring (bicyclic) bond motifs is 1. The van der Waals surface area contributed by atoms with Gasteiger partial charge in [-0.15, -0.1) is 11.3 Å². The molecule has 0 spiro atoms. The number of amides is 2. The summed E-state index contributed by atoms with van der Waals surface area (Å²) < 4.78 is 16.0.